The molecular formula is C12H17NO3S. The van der Waals surface area contributed by atoms with Crippen LogP contribution in [0.1, 0.15) is 18.4 Å². The molecule has 0 amide bonds. The van der Waals surface area contributed by atoms with Gasteiger partial charge in [0.2, 0.25) is 0 Å². The number of nitrogens with two attached hydrogens (primary N) is 1. The zero-order valence-electron chi connectivity index (χ0n) is 9.59. The summed E-state index contributed by atoms with van der Waals surface area (Å²) in [6.45, 7) is 0. The molecule has 1 aliphatic rings. The van der Waals surface area contributed by atoms with E-state index < -0.39 is 9.84 Å². The first-order chi connectivity index (χ1) is 7.98. The van der Waals surface area contributed by atoms with Crippen LogP contribution in [0.15, 0.2) is 18.2 Å². The molecule has 0 bridgehead atoms. The summed E-state index contributed by atoms with van der Waals surface area (Å²) in [4.78, 5) is 0. The first-order valence-corrected chi connectivity index (χ1v) is 7.57. The Balaban J connectivity index is 2.05. The molecule has 1 aromatic rings. The fraction of sp³-hybridized carbons (Fsp3) is 0.500. The van der Waals surface area contributed by atoms with Crippen LogP contribution in [0.5, 0.6) is 5.75 Å². The molecule has 1 heterocycles. The summed E-state index contributed by atoms with van der Waals surface area (Å²) in [6.07, 6.45) is 2.13. The highest BCUT2D eigenvalue weighted by atomic mass is 32.2. The van der Waals surface area contributed by atoms with Crippen molar-refractivity contribution < 1.29 is 13.5 Å². The van der Waals surface area contributed by atoms with Crippen molar-refractivity contribution in [2.45, 2.75) is 19.3 Å². The van der Waals surface area contributed by atoms with Gasteiger partial charge in [0, 0.05) is 0 Å². The Morgan fingerprint density at radius 2 is 1.94 bits per heavy atom. The van der Waals surface area contributed by atoms with E-state index >= 15 is 0 Å². The van der Waals surface area contributed by atoms with E-state index in [1.165, 1.54) is 0 Å². The number of benzene rings is 1. The standard InChI is InChI=1S/C12H17NO3S/c13-12-10(2-1-3-11(12)14)8-9-4-6-17(15,16)7-5-9/h1-3,9,14H,4-8,13H2. The van der Waals surface area contributed by atoms with Crippen LogP contribution in [0.25, 0.3) is 0 Å². The fourth-order valence-electron chi connectivity index (χ4n) is 2.23. The Morgan fingerprint density at radius 1 is 1.29 bits per heavy atom. The predicted molar refractivity (Wildman–Crippen MR) is 67.6 cm³/mol. The average molecular weight is 255 g/mol. The summed E-state index contributed by atoms with van der Waals surface area (Å²) in [5, 5.41) is 9.49. The molecule has 5 heteroatoms. The van der Waals surface area contributed by atoms with Gasteiger partial charge in [0.05, 0.1) is 17.2 Å². The van der Waals surface area contributed by atoms with Crippen molar-refractivity contribution in [3.8, 4) is 5.75 Å². The van der Waals surface area contributed by atoms with Crippen LogP contribution < -0.4 is 5.73 Å². The van der Waals surface area contributed by atoms with E-state index in [9.17, 15) is 13.5 Å². The third kappa shape index (κ3) is 2.91. The lowest BCUT2D eigenvalue weighted by Gasteiger charge is -2.22. The van der Waals surface area contributed by atoms with Crippen LogP contribution in [0.4, 0.5) is 5.69 Å². The molecule has 1 aromatic carbocycles. The lowest BCUT2D eigenvalue weighted by atomic mass is 9.93. The lowest BCUT2D eigenvalue weighted by Crippen LogP contribution is -2.24. The third-order valence-corrected chi connectivity index (χ3v) is 5.07. The van der Waals surface area contributed by atoms with Crippen LogP contribution in [-0.4, -0.2) is 25.0 Å². The molecule has 3 N–H and O–H groups in total. The zero-order chi connectivity index (χ0) is 12.5. The van der Waals surface area contributed by atoms with Crippen LogP contribution >= 0.6 is 0 Å². The van der Waals surface area contributed by atoms with Crippen LogP contribution in [0.2, 0.25) is 0 Å². The molecule has 0 saturated carbocycles. The maximum Gasteiger partial charge on any atom is 0.150 e. The van der Waals surface area contributed by atoms with Crippen molar-refractivity contribution in [3.05, 3.63) is 23.8 Å². The van der Waals surface area contributed by atoms with Crippen molar-refractivity contribution >= 4 is 15.5 Å². The first-order valence-electron chi connectivity index (χ1n) is 5.75. The van der Waals surface area contributed by atoms with Gasteiger partial charge in [-0.25, -0.2) is 8.42 Å². The second-order valence-electron chi connectivity index (χ2n) is 4.65. The molecule has 1 saturated heterocycles. The first kappa shape index (κ1) is 12.2. The zero-order valence-corrected chi connectivity index (χ0v) is 10.4. The monoisotopic (exact) mass is 255 g/mol. The lowest BCUT2D eigenvalue weighted by molar-refractivity contribution is 0.458. The highest BCUT2D eigenvalue weighted by molar-refractivity contribution is 7.91. The van der Waals surface area contributed by atoms with Gasteiger partial charge in [-0.2, -0.15) is 0 Å². The number of para-hydroxylation sites is 1. The van der Waals surface area contributed by atoms with Gasteiger partial charge in [-0.3, -0.25) is 0 Å². The number of nitrogen functional groups attached to an aromatic ring is 1. The average Bonchev–Trinajstić information content (AvgIpc) is 2.27. The molecule has 17 heavy (non-hydrogen) atoms. The topological polar surface area (TPSA) is 80.4 Å². The maximum absolute atomic E-state index is 11.3. The van der Waals surface area contributed by atoms with Crippen molar-refractivity contribution in [3.63, 3.8) is 0 Å². The number of phenols is 1. The molecule has 4 nitrogen and oxygen atoms in total. The normalized spacial score (nSPS) is 20.2. The van der Waals surface area contributed by atoms with E-state index in [2.05, 4.69) is 0 Å². The number of aromatic hydroxyl groups is 1. The van der Waals surface area contributed by atoms with Crippen LogP contribution in [-0.2, 0) is 16.3 Å². The molecule has 0 spiro atoms. The molecule has 0 aliphatic carbocycles. The van der Waals surface area contributed by atoms with Gasteiger partial charge < -0.3 is 10.8 Å². The summed E-state index contributed by atoms with van der Waals surface area (Å²) < 4.78 is 22.6. The highest BCUT2D eigenvalue weighted by Gasteiger charge is 2.24. The highest BCUT2D eigenvalue weighted by Crippen LogP contribution is 2.29. The van der Waals surface area contributed by atoms with Gasteiger partial charge in [0.1, 0.15) is 15.6 Å². The minimum absolute atomic E-state index is 0.103. The summed E-state index contributed by atoms with van der Waals surface area (Å²) in [6, 6.07) is 5.21. The quantitative estimate of drug-likeness (QED) is 0.617. The second kappa shape index (κ2) is 4.56. The SMILES string of the molecule is Nc1c(O)cccc1CC1CCS(=O)(=O)CC1. The van der Waals surface area contributed by atoms with Gasteiger partial charge >= 0.3 is 0 Å². The fourth-order valence-corrected chi connectivity index (χ4v) is 3.82. The smallest absolute Gasteiger partial charge is 0.150 e. The van der Waals surface area contributed by atoms with E-state index in [4.69, 9.17) is 5.73 Å². The van der Waals surface area contributed by atoms with E-state index in [1.54, 1.807) is 12.1 Å². The molecule has 94 valence electrons. The Bertz CT molecular complexity index is 496. The molecule has 0 aromatic heterocycles. The van der Waals surface area contributed by atoms with Crippen LogP contribution in [0.3, 0.4) is 0 Å². The Hall–Kier alpha value is -1.23. The molecule has 0 radical (unpaired) electrons. The maximum atomic E-state index is 11.3. The van der Waals surface area contributed by atoms with E-state index in [0.717, 1.165) is 12.0 Å². The van der Waals surface area contributed by atoms with Gasteiger partial charge in [-0.15, -0.1) is 0 Å². The van der Waals surface area contributed by atoms with Gasteiger partial charge in [0.15, 0.2) is 0 Å². The van der Waals surface area contributed by atoms with Gasteiger partial charge in [-0.05, 0) is 36.8 Å². The largest absolute Gasteiger partial charge is 0.506 e. The molecule has 0 atom stereocenters. The second-order valence-corrected chi connectivity index (χ2v) is 6.95. The van der Waals surface area contributed by atoms with Gasteiger partial charge in [0.25, 0.3) is 0 Å². The molecule has 1 aliphatic heterocycles. The summed E-state index contributed by atoms with van der Waals surface area (Å²) >= 11 is 0. The van der Waals surface area contributed by atoms with Crippen LogP contribution in [0, 0.1) is 5.92 Å². The minimum Gasteiger partial charge on any atom is -0.506 e. The molecular weight excluding hydrogens is 238 g/mol. The Labute approximate surface area is 101 Å². The summed E-state index contributed by atoms with van der Waals surface area (Å²) in [5.74, 6) is 1.00. The van der Waals surface area contributed by atoms with Crippen molar-refractivity contribution in [1.29, 1.82) is 0 Å². The third-order valence-electron chi connectivity index (χ3n) is 3.36. The number of sulfone groups is 1. The Kier molecular flexibility index (Phi) is 3.28. The number of anilines is 1. The molecule has 2 rings (SSSR count). The van der Waals surface area contributed by atoms with Crippen molar-refractivity contribution in [1.82, 2.24) is 0 Å². The molecule has 0 unspecified atom stereocenters. The summed E-state index contributed by atoms with van der Waals surface area (Å²) in [5.41, 5.74) is 7.11. The summed E-state index contributed by atoms with van der Waals surface area (Å²) in [7, 11) is -2.81. The number of phenolic OH excluding ortho intramolecular Hbond substituents is 1. The molecule has 1 fully saturated rings. The number of hydrogen-bond donors (Lipinski definition) is 2. The van der Waals surface area contributed by atoms with Crippen molar-refractivity contribution in [2.75, 3.05) is 17.2 Å². The van der Waals surface area contributed by atoms with E-state index in [0.29, 0.717) is 24.4 Å². The van der Waals surface area contributed by atoms with Gasteiger partial charge in [-0.1, -0.05) is 12.1 Å². The van der Waals surface area contributed by atoms with E-state index in [-0.39, 0.29) is 17.3 Å². The minimum atomic E-state index is -2.81. The Morgan fingerprint density at radius 3 is 2.59 bits per heavy atom. The van der Waals surface area contributed by atoms with Crippen molar-refractivity contribution in [2.24, 2.45) is 5.92 Å². The predicted octanol–water partition coefficient (Wildman–Crippen LogP) is 1.34. The van der Waals surface area contributed by atoms with E-state index in [1.807, 2.05) is 6.07 Å². The number of hydrogen-bond acceptors (Lipinski definition) is 4. The number of rotatable bonds is 2.